The van der Waals surface area contributed by atoms with Crippen molar-refractivity contribution in [2.45, 2.75) is 26.4 Å². The van der Waals surface area contributed by atoms with E-state index in [2.05, 4.69) is 36.9 Å². The van der Waals surface area contributed by atoms with Gasteiger partial charge in [0.1, 0.15) is 0 Å². The highest BCUT2D eigenvalue weighted by atomic mass is 16.5. The van der Waals surface area contributed by atoms with Crippen molar-refractivity contribution in [3.8, 4) is 0 Å². The summed E-state index contributed by atoms with van der Waals surface area (Å²) in [5, 5.41) is 0. The lowest BCUT2D eigenvalue weighted by Gasteiger charge is -2.34. The lowest BCUT2D eigenvalue weighted by Crippen LogP contribution is -2.44. The Hall–Kier alpha value is -1.43. The summed E-state index contributed by atoms with van der Waals surface area (Å²) in [6.45, 7) is 10.3. The van der Waals surface area contributed by atoms with Gasteiger partial charge in [-0.1, -0.05) is 23.8 Å². The molecule has 1 atom stereocenters. The summed E-state index contributed by atoms with van der Waals surface area (Å²) in [5.74, 6) is 0.243. The highest BCUT2D eigenvalue weighted by Crippen LogP contribution is 2.25. The first kappa shape index (κ1) is 17.4. The van der Waals surface area contributed by atoms with Crippen molar-refractivity contribution in [3.63, 3.8) is 0 Å². The predicted molar refractivity (Wildman–Crippen MR) is 93.1 cm³/mol. The largest absolute Gasteiger partial charge is 0.378 e. The topological polar surface area (TPSA) is 42.0 Å². The number of hydrogen-bond acceptors (Lipinski definition) is 4. The fourth-order valence-corrected chi connectivity index (χ4v) is 3.51. The summed E-state index contributed by atoms with van der Waals surface area (Å²) < 4.78 is 11.3. The SMILES string of the molecule is Cc1ccc([C@@H]2CN(CCC(=O)N3CCOCC3)CCO2)c(C)c1. The molecule has 5 nitrogen and oxygen atoms in total. The van der Waals surface area contributed by atoms with E-state index in [0.717, 1.165) is 39.3 Å². The minimum atomic E-state index is 0.109. The summed E-state index contributed by atoms with van der Waals surface area (Å²) in [6.07, 6.45) is 0.692. The van der Waals surface area contributed by atoms with Crippen LogP contribution in [0.25, 0.3) is 0 Å². The molecule has 2 heterocycles. The van der Waals surface area contributed by atoms with Crippen molar-refractivity contribution in [3.05, 3.63) is 34.9 Å². The van der Waals surface area contributed by atoms with E-state index in [0.29, 0.717) is 19.6 Å². The van der Waals surface area contributed by atoms with Crippen LogP contribution >= 0.6 is 0 Å². The van der Waals surface area contributed by atoms with E-state index in [1.807, 2.05) is 4.90 Å². The molecule has 24 heavy (non-hydrogen) atoms. The van der Waals surface area contributed by atoms with Crippen molar-refractivity contribution in [1.82, 2.24) is 9.80 Å². The molecule has 0 spiro atoms. The summed E-state index contributed by atoms with van der Waals surface area (Å²) in [4.78, 5) is 16.6. The Morgan fingerprint density at radius 2 is 1.96 bits per heavy atom. The highest BCUT2D eigenvalue weighted by Gasteiger charge is 2.24. The Balaban J connectivity index is 1.52. The van der Waals surface area contributed by atoms with E-state index in [9.17, 15) is 4.79 Å². The van der Waals surface area contributed by atoms with Gasteiger partial charge in [0, 0.05) is 39.1 Å². The van der Waals surface area contributed by atoms with Gasteiger partial charge in [0.05, 0.1) is 25.9 Å². The molecular weight excluding hydrogens is 304 g/mol. The van der Waals surface area contributed by atoms with E-state index < -0.39 is 0 Å². The molecule has 0 unspecified atom stereocenters. The zero-order valence-corrected chi connectivity index (χ0v) is 14.8. The van der Waals surface area contributed by atoms with Crippen molar-refractivity contribution in [1.29, 1.82) is 0 Å². The number of carbonyl (C=O) groups excluding carboxylic acids is 1. The average Bonchev–Trinajstić information content (AvgIpc) is 2.60. The summed E-state index contributed by atoms with van der Waals surface area (Å²) in [6, 6.07) is 6.53. The van der Waals surface area contributed by atoms with Gasteiger partial charge in [-0.15, -0.1) is 0 Å². The van der Waals surface area contributed by atoms with Gasteiger partial charge in [0.15, 0.2) is 0 Å². The molecule has 2 aliphatic heterocycles. The Morgan fingerprint density at radius 1 is 1.17 bits per heavy atom. The Kier molecular flexibility index (Phi) is 5.87. The lowest BCUT2D eigenvalue weighted by molar-refractivity contribution is -0.136. The second-order valence-electron chi connectivity index (χ2n) is 6.76. The molecule has 5 heteroatoms. The maximum Gasteiger partial charge on any atom is 0.224 e. The van der Waals surface area contributed by atoms with Crippen LogP contribution in [-0.4, -0.2) is 68.3 Å². The standard InChI is InChI=1S/C19H28N2O3/c1-15-3-4-17(16(2)13-15)18-14-20(7-12-24-18)6-5-19(22)21-8-10-23-11-9-21/h3-4,13,18H,5-12,14H2,1-2H3/t18-/m0/s1. The van der Waals surface area contributed by atoms with Gasteiger partial charge in [-0.05, 0) is 25.0 Å². The number of aryl methyl sites for hydroxylation is 2. The predicted octanol–water partition coefficient (Wildman–Crippen LogP) is 1.93. The number of ether oxygens (including phenoxy) is 2. The lowest BCUT2D eigenvalue weighted by atomic mass is 10.00. The molecule has 2 aliphatic rings. The third-order valence-corrected chi connectivity index (χ3v) is 4.93. The molecular formula is C19H28N2O3. The van der Waals surface area contributed by atoms with E-state index >= 15 is 0 Å². The molecule has 0 saturated carbocycles. The number of rotatable bonds is 4. The number of amides is 1. The van der Waals surface area contributed by atoms with Gasteiger partial charge in [-0.3, -0.25) is 9.69 Å². The molecule has 0 bridgehead atoms. The van der Waals surface area contributed by atoms with Crippen LogP contribution in [0.3, 0.4) is 0 Å². The van der Waals surface area contributed by atoms with Crippen molar-refractivity contribution in [2.75, 3.05) is 52.5 Å². The zero-order valence-electron chi connectivity index (χ0n) is 14.8. The monoisotopic (exact) mass is 332 g/mol. The molecule has 0 radical (unpaired) electrons. The number of morpholine rings is 2. The van der Waals surface area contributed by atoms with Gasteiger partial charge in [0.25, 0.3) is 0 Å². The van der Waals surface area contributed by atoms with Gasteiger partial charge in [0.2, 0.25) is 5.91 Å². The molecule has 0 aliphatic carbocycles. The van der Waals surface area contributed by atoms with Gasteiger partial charge >= 0.3 is 0 Å². The third-order valence-electron chi connectivity index (χ3n) is 4.93. The molecule has 0 aromatic heterocycles. The van der Waals surface area contributed by atoms with E-state index in [1.54, 1.807) is 0 Å². The first-order chi connectivity index (χ1) is 11.6. The van der Waals surface area contributed by atoms with Crippen molar-refractivity contribution in [2.24, 2.45) is 0 Å². The number of hydrogen-bond donors (Lipinski definition) is 0. The van der Waals surface area contributed by atoms with Crippen LogP contribution < -0.4 is 0 Å². The zero-order chi connectivity index (χ0) is 16.9. The van der Waals surface area contributed by atoms with Crippen LogP contribution in [0.15, 0.2) is 18.2 Å². The Labute approximate surface area is 144 Å². The van der Waals surface area contributed by atoms with Gasteiger partial charge in [-0.25, -0.2) is 0 Å². The second-order valence-corrected chi connectivity index (χ2v) is 6.76. The first-order valence-corrected chi connectivity index (χ1v) is 8.90. The highest BCUT2D eigenvalue weighted by molar-refractivity contribution is 5.76. The van der Waals surface area contributed by atoms with Crippen LogP contribution in [0.1, 0.15) is 29.2 Å². The first-order valence-electron chi connectivity index (χ1n) is 8.90. The van der Waals surface area contributed by atoms with Crippen LogP contribution in [0.5, 0.6) is 0 Å². The molecule has 0 N–H and O–H groups in total. The molecule has 3 rings (SSSR count). The normalized spacial score (nSPS) is 22.6. The molecule has 1 aromatic carbocycles. The molecule has 1 aromatic rings. The van der Waals surface area contributed by atoms with E-state index in [-0.39, 0.29) is 12.0 Å². The molecule has 2 fully saturated rings. The number of carbonyl (C=O) groups is 1. The molecule has 1 amide bonds. The maximum absolute atomic E-state index is 12.3. The fraction of sp³-hybridized carbons (Fsp3) is 0.632. The minimum absolute atomic E-state index is 0.109. The third kappa shape index (κ3) is 4.35. The van der Waals surface area contributed by atoms with Crippen LogP contribution in [0.2, 0.25) is 0 Å². The van der Waals surface area contributed by atoms with E-state index in [1.165, 1.54) is 16.7 Å². The quantitative estimate of drug-likeness (QED) is 0.845. The van der Waals surface area contributed by atoms with E-state index in [4.69, 9.17) is 9.47 Å². The maximum atomic E-state index is 12.3. The van der Waals surface area contributed by atoms with Crippen LogP contribution in [0.4, 0.5) is 0 Å². The number of benzene rings is 1. The average molecular weight is 332 g/mol. The summed E-state index contributed by atoms with van der Waals surface area (Å²) >= 11 is 0. The van der Waals surface area contributed by atoms with Crippen molar-refractivity contribution < 1.29 is 14.3 Å². The van der Waals surface area contributed by atoms with Crippen molar-refractivity contribution >= 4 is 5.91 Å². The fourth-order valence-electron chi connectivity index (χ4n) is 3.51. The smallest absolute Gasteiger partial charge is 0.224 e. The molecule has 2 saturated heterocycles. The minimum Gasteiger partial charge on any atom is -0.378 e. The van der Waals surface area contributed by atoms with Crippen LogP contribution in [-0.2, 0) is 14.3 Å². The molecule has 132 valence electrons. The Bertz CT molecular complexity index is 570. The Morgan fingerprint density at radius 3 is 2.71 bits per heavy atom. The number of nitrogens with zero attached hydrogens (tertiary/aromatic N) is 2. The summed E-state index contributed by atoms with van der Waals surface area (Å²) in [5.41, 5.74) is 3.83. The van der Waals surface area contributed by atoms with Crippen LogP contribution in [0, 0.1) is 13.8 Å². The van der Waals surface area contributed by atoms with Gasteiger partial charge < -0.3 is 14.4 Å². The summed E-state index contributed by atoms with van der Waals surface area (Å²) in [7, 11) is 0. The van der Waals surface area contributed by atoms with Gasteiger partial charge in [-0.2, -0.15) is 0 Å². The second kappa shape index (κ2) is 8.10.